The summed E-state index contributed by atoms with van der Waals surface area (Å²) in [5, 5.41) is 3.97. The standard InChI is InChI=1S/C19H23ClN4O/c1-25-16-7-5-15(6-8-16)23-19(21)22-10-12-24-11-9-17-14(13-24)3-2-4-18(17)20/h2-8H,9-13H2,1H3,(H3,21,22,23). The quantitative estimate of drug-likeness (QED) is 0.636. The summed E-state index contributed by atoms with van der Waals surface area (Å²) in [6.07, 6.45) is 0.984. The van der Waals surface area contributed by atoms with E-state index in [9.17, 15) is 0 Å². The van der Waals surface area contributed by atoms with Gasteiger partial charge in [-0.15, -0.1) is 0 Å². The van der Waals surface area contributed by atoms with Crippen molar-refractivity contribution >= 4 is 23.2 Å². The summed E-state index contributed by atoms with van der Waals surface area (Å²) >= 11 is 6.26. The van der Waals surface area contributed by atoms with Gasteiger partial charge in [-0.05, 0) is 47.9 Å². The Morgan fingerprint density at radius 2 is 2.08 bits per heavy atom. The molecule has 0 atom stereocenters. The van der Waals surface area contributed by atoms with Crippen molar-refractivity contribution in [3.8, 4) is 5.75 Å². The minimum absolute atomic E-state index is 0.422. The number of halogens is 1. The van der Waals surface area contributed by atoms with Crippen molar-refractivity contribution in [1.82, 2.24) is 4.90 Å². The van der Waals surface area contributed by atoms with Crippen LogP contribution in [0.25, 0.3) is 0 Å². The van der Waals surface area contributed by atoms with Crippen molar-refractivity contribution in [3.05, 3.63) is 58.6 Å². The van der Waals surface area contributed by atoms with Crippen LogP contribution in [-0.2, 0) is 13.0 Å². The number of nitrogens with two attached hydrogens (primary N) is 1. The summed E-state index contributed by atoms with van der Waals surface area (Å²) < 4.78 is 5.14. The zero-order valence-corrected chi connectivity index (χ0v) is 15.1. The van der Waals surface area contributed by atoms with Gasteiger partial charge in [-0.1, -0.05) is 23.7 Å². The van der Waals surface area contributed by atoms with Crippen LogP contribution in [0.15, 0.2) is 47.5 Å². The Kier molecular flexibility index (Phi) is 5.79. The van der Waals surface area contributed by atoms with Crippen LogP contribution in [0.5, 0.6) is 5.75 Å². The maximum absolute atomic E-state index is 6.26. The van der Waals surface area contributed by atoms with Crippen LogP contribution in [0.1, 0.15) is 11.1 Å². The fraction of sp³-hybridized carbons (Fsp3) is 0.316. The number of hydrogen-bond acceptors (Lipinski definition) is 3. The predicted molar refractivity (Wildman–Crippen MR) is 104 cm³/mol. The first-order valence-electron chi connectivity index (χ1n) is 8.35. The van der Waals surface area contributed by atoms with Crippen LogP contribution in [0.3, 0.4) is 0 Å². The molecule has 2 aromatic rings. The first-order valence-corrected chi connectivity index (χ1v) is 8.73. The van der Waals surface area contributed by atoms with Gasteiger partial charge >= 0.3 is 0 Å². The van der Waals surface area contributed by atoms with Crippen LogP contribution < -0.4 is 15.8 Å². The van der Waals surface area contributed by atoms with E-state index in [0.29, 0.717) is 12.5 Å². The predicted octanol–water partition coefficient (Wildman–Crippen LogP) is 3.13. The molecule has 0 spiro atoms. The lowest BCUT2D eigenvalue weighted by Crippen LogP contribution is -2.33. The molecule has 6 heteroatoms. The highest BCUT2D eigenvalue weighted by Gasteiger charge is 2.17. The van der Waals surface area contributed by atoms with Gasteiger partial charge in [0, 0.05) is 30.3 Å². The highest BCUT2D eigenvalue weighted by Crippen LogP contribution is 2.25. The molecule has 5 nitrogen and oxygen atoms in total. The highest BCUT2D eigenvalue weighted by molar-refractivity contribution is 6.31. The fourth-order valence-electron chi connectivity index (χ4n) is 2.99. The molecular formula is C19H23ClN4O. The van der Waals surface area contributed by atoms with E-state index in [2.05, 4.69) is 21.3 Å². The fourth-order valence-corrected chi connectivity index (χ4v) is 3.27. The van der Waals surface area contributed by atoms with Gasteiger partial charge in [0.05, 0.1) is 13.7 Å². The van der Waals surface area contributed by atoms with Crippen molar-refractivity contribution in [3.63, 3.8) is 0 Å². The average Bonchev–Trinajstić information content (AvgIpc) is 2.62. The number of aliphatic imine (C=N–C) groups is 1. The van der Waals surface area contributed by atoms with Crippen LogP contribution in [-0.4, -0.2) is 37.6 Å². The largest absolute Gasteiger partial charge is 0.497 e. The number of hydrogen-bond donors (Lipinski definition) is 2. The number of rotatable bonds is 5. The normalized spacial score (nSPS) is 14.9. The molecule has 1 aliphatic heterocycles. The molecule has 132 valence electrons. The molecule has 1 heterocycles. The van der Waals surface area contributed by atoms with Gasteiger partial charge < -0.3 is 15.8 Å². The Hall–Kier alpha value is -2.24. The third kappa shape index (κ3) is 4.65. The zero-order chi connectivity index (χ0) is 17.6. The number of nitrogens with zero attached hydrogens (tertiary/aromatic N) is 2. The van der Waals surface area contributed by atoms with Crippen molar-refractivity contribution in [2.45, 2.75) is 13.0 Å². The van der Waals surface area contributed by atoms with E-state index in [-0.39, 0.29) is 0 Å². The molecule has 0 radical (unpaired) electrons. The molecule has 0 amide bonds. The van der Waals surface area contributed by atoms with E-state index in [1.165, 1.54) is 11.1 Å². The maximum Gasteiger partial charge on any atom is 0.193 e. The van der Waals surface area contributed by atoms with Crippen molar-refractivity contribution in [2.75, 3.05) is 32.1 Å². The molecule has 0 aliphatic carbocycles. The SMILES string of the molecule is COc1ccc(NC(N)=NCCN2CCc3c(Cl)cccc3C2)cc1. The summed E-state index contributed by atoms with van der Waals surface area (Å²) in [6, 6.07) is 13.7. The molecular weight excluding hydrogens is 336 g/mol. The van der Waals surface area contributed by atoms with Gasteiger partial charge in [0.15, 0.2) is 5.96 Å². The van der Waals surface area contributed by atoms with E-state index in [0.717, 1.165) is 42.5 Å². The van der Waals surface area contributed by atoms with Crippen molar-refractivity contribution in [1.29, 1.82) is 0 Å². The van der Waals surface area contributed by atoms with Crippen LogP contribution >= 0.6 is 11.6 Å². The Morgan fingerprint density at radius 1 is 1.28 bits per heavy atom. The van der Waals surface area contributed by atoms with Crippen molar-refractivity contribution in [2.24, 2.45) is 10.7 Å². The second-order valence-corrected chi connectivity index (χ2v) is 6.43. The van der Waals surface area contributed by atoms with Gasteiger partial charge in [0.25, 0.3) is 0 Å². The molecule has 25 heavy (non-hydrogen) atoms. The summed E-state index contributed by atoms with van der Waals surface area (Å²) in [7, 11) is 1.64. The topological polar surface area (TPSA) is 62.9 Å². The molecule has 0 bridgehead atoms. The molecule has 0 unspecified atom stereocenters. The number of guanidine groups is 1. The van der Waals surface area contributed by atoms with Crippen LogP contribution in [0.4, 0.5) is 5.69 Å². The lowest BCUT2D eigenvalue weighted by atomic mass is 10.00. The molecule has 0 aromatic heterocycles. The van der Waals surface area contributed by atoms with E-state index >= 15 is 0 Å². The maximum atomic E-state index is 6.26. The first-order chi connectivity index (χ1) is 12.2. The average molecular weight is 359 g/mol. The van der Waals surface area contributed by atoms with Crippen molar-refractivity contribution < 1.29 is 4.74 Å². The molecule has 0 fully saturated rings. The van der Waals surface area contributed by atoms with E-state index in [1.54, 1.807) is 7.11 Å². The molecule has 2 aromatic carbocycles. The summed E-state index contributed by atoms with van der Waals surface area (Å²) in [5.41, 5.74) is 9.45. The van der Waals surface area contributed by atoms with E-state index in [4.69, 9.17) is 22.1 Å². The molecule has 0 saturated heterocycles. The number of methoxy groups -OCH3 is 1. The van der Waals surface area contributed by atoms with Gasteiger partial charge in [-0.2, -0.15) is 0 Å². The molecule has 3 N–H and O–H groups in total. The monoisotopic (exact) mass is 358 g/mol. The second kappa shape index (κ2) is 8.23. The third-order valence-electron chi connectivity index (χ3n) is 4.35. The molecule has 3 rings (SSSR count). The van der Waals surface area contributed by atoms with E-state index < -0.39 is 0 Å². The summed E-state index contributed by atoms with van der Waals surface area (Å²) in [4.78, 5) is 6.79. The lowest BCUT2D eigenvalue weighted by Gasteiger charge is -2.28. The van der Waals surface area contributed by atoms with Gasteiger partial charge in [0.2, 0.25) is 0 Å². The highest BCUT2D eigenvalue weighted by atomic mass is 35.5. The van der Waals surface area contributed by atoms with Gasteiger partial charge in [-0.3, -0.25) is 9.89 Å². The Labute approximate surface area is 153 Å². The number of fused-ring (bicyclic) bond motifs is 1. The Morgan fingerprint density at radius 3 is 2.84 bits per heavy atom. The Balaban J connectivity index is 1.49. The smallest absolute Gasteiger partial charge is 0.193 e. The van der Waals surface area contributed by atoms with Crippen LogP contribution in [0.2, 0.25) is 5.02 Å². The van der Waals surface area contributed by atoms with E-state index in [1.807, 2.05) is 36.4 Å². The minimum Gasteiger partial charge on any atom is -0.497 e. The molecule has 0 saturated carbocycles. The molecule has 1 aliphatic rings. The van der Waals surface area contributed by atoms with Gasteiger partial charge in [0.1, 0.15) is 5.75 Å². The van der Waals surface area contributed by atoms with Crippen LogP contribution in [0, 0.1) is 0 Å². The number of ether oxygens (including phenoxy) is 1. The summed E-state index contributed by atoms with van der Waals surface area (Å²) in [6.45, 7) is 3.44. The lowest BCUT2D eigenvalue weighted by molar-refractivity contribution is 0.262. The summed E-state index contributed by atoms with van der Waals surface area (Å²) in [5.74, 6) is 1.23. The Bertz CT molecular complexity index is 746. The minimum atomic E-state index is 0.422. The number of nitrogens with one attached hydrogen (secondary N) is 1. The zero-order valence-electron chi connectivity index (χ0n) is 14.3. The van der Waals surface area contributed by atoms with Gasteiger partial charge in [-0.25, -0.2) is 0 Å². The second-order valence-electron chi connectivity index (χ2n) is 6.02. The number of benzene rings is 2. The third-order valence-corrected chi connectivity index (χ3v) is 4.70. The first kappa shape index (κ1) is 17.6. The number of anilines is 1.